The third kappa shape index (κ3) is 70.9. The van der Waals surface area contributed by atoms with E-state index in [-0.39, 0.29) is 25.7 Å². The molecule has 0 heterocycles. The maximum atomic E-state index is 13.1. The molecular formula is C78H152O17P2. The monoisotopic (exact) mass is 1420 g/mol. The molecule has 0 spiro atoms. The smallest absolute Gasteiger partial charge is 0.462 e. The molecule has 0 aliphatic carbocycles. The van der Waals surface area contributed by atoms with Crippen LogP contribution in [0.5, 0.6) is 0 Å². The van der Waals surface area contributed by atoms with Gasteiger partial charge >= 0.3 is 39.5 Å². The number of hydrogen-bond donors (Lipinski definition) is 3. The number of aliphatic hydroxyl groups excluding tert-OH is 1. The molecule has 0 aliphatic rings. The minimum Gasteiger partial charge on any atom is -0.462 e. The molecule has 576 valence electrons. The molecule has 6 atom stereocenters. The lowest BCUT2D eigenvalue weighted by molar-refractivity contribution is -0.161. The summed E-state index contributed by atoms with van der Waals surface area (Å²) in [5.41, 5.74) is 0. The Balaban J connectivity index is 5.25. The standard InChI is InChI=1S/C78H152O17P2/c1-8-10-11-12-13-14-15-16-17-21-26-31-38-45-52-59-75(80)88-65-73(94-77(82)61-54-47-39-32-27-22-19-18-20-25-30-37-44-51-58-71(7)9-2)67-92-96(84,85)90-63-72(79)64-91-97(86,87)93-68-74(66-89-76(81)60-53-46-41-34-36-43-50-57-70(5)6)95-78(83)62-55-48-40-33-28-23-24-29-35-42-49-56-69(3)4/h69-74,79H,8-68H2,1-7H3,(H,84,85)(H,86,87)/t71?,72-,73-,74-/m1/s1. The summed E-state index contributed by atoms with van der Waals surface area (Å²) in [5, 5.41) is 10.6. The van der Waals surface area contributed by atoms with E-state index in [0.29, 0.717) is 31.6 Å². The number of phosphoric ester groups is 2. The van der Waals surface area contributed by atoms with Gasteiger partial charge < -0.3 is 33.8 Å². The van der Waals surface area contributed by atoms with Crippen LogP contribution in [0, 0.1) is 17.8 Å². The Labute approximate surface area is 594 Å². The average molecular weight is 1420 g/mol. The number of esters is 4. The van der Waals surface area contributed by atoms with Gasteiger partial charge in [-0.2, -0.15) is 0 Å². The topological polar surface area (TPSA) is 237 Å². The molecule has 3 unspecified atom stereocenters. The van der Waals surface area contributed by atoms with Crippen molar-refractivity contribution >= 4 is 39.5 Å². The van der Waals surface area contributed by atoms with Crippen LogP contribution in [-0.2, 0) is 65.4 Å². The number of ether oxygens (including phenoxy) is 4. The summed E-state index contributed by atoms with van der Waals surface area (Å²) >= 11 is 0. The molecule has 0 aromatic carbocycles. The number of hydrogen-bond acceptors (Lipinski definition) is 15. The quantitative estimate of drug-likeness (QED) is 0.0222. The van der Waals surface area contributed by atoms with Crippen molar-refractivity contribution in [2.75, 3.05) is 39.6 Å². The molecule has 0 aliphatic heterocycles. The highest BCUT2D eigenvalue weighted by Crippen LogP contribution is 2.45. The van der Waals surface area contributed by atoms with Crippen molar-refractivity contribution in [3.8, 4) is 0 Å². The van der Waals surface area contributed by atoms with Crippen molar-refractivity contribution in [2.24, 2.45) is 17.8 Å². The number of carbonyl (C=O) groups is 4. The van der Waals surface area contributed by atoms with Crippen LogP contribution in [0.3, 0.4) is 0 Å². The van der Waals surface area contributed by atoms with Crippen LogP contribution in [0.25, 0.3) is 0 Å². The van der Waals surface area contributed by atoms with Crippen molar-refractivity contribution in [3.05, 3.63) is 0 Å². The Bertz CT molecular complexity index is 1890. The molecule has 19 heteroatoms. The average Bonchev–Trinajstić information content (AvgIpc) is 1.51. The highest BCUT2D eigenvalue weighted by molar-refractivity contribution is 7.47. The van der Waals surface area contributed by atoms with Gasteiger partial charge in [-0.1, -0.05) is 350 Å². The van der Waals surface area contributed by atoms with Gasteiger partial charge in [0.2, 0.25) is 0 Å². The molecule has 3 N–H and O–H groups in total. The van der Waals surface area contributed by atoms with Crippen LogP contribution in [0.15, 0.2) is 0 Å². The van der Waals surface area contributed by atoms with Crippen molar-refractivity contribution in [1.82, 2.24) is 0 Å². The summed E-state index contributed by atoms with van der Waals surface area (Å²) in [6.07, 6.45) is 55.4. The molecular weight excluding hydrogens is 1270 g/mol. The van der Waals surface area contributed by atoms with E-state index in [0.717, 1.165) is 108 Å². The fraction of sp³-hybridized carbons (Fsp3) is 0.949. The lowest BCUT2D eigenvalue weighted by Crippen LogP contribution is -2.30. The molecule has 0 aromatic rings. The van der Waals surface area contributed by atoms with E-state index in [4.69, 9.17) is 37.0 Å². The van der Waals surface area contributed by atoms with E-state index >= 15 is 0 Å². The normalized spacial score (nSPS) is 14.3. The fourth-order valence-corrected chi connectivity index (χ4v) is 13.5. The van der Waals surface area contributed by atoms with Gasteiger partial charge in [0.05, 0.1) is 26.4 Å². The first-order chi connectivity index (χ1) is 46.8. The zero-order chi connectivity index (χ0) is 71.6. The van der Waals surface area contributed by atoms with E-state index in [1.165, 1.54) is 205 Å². The predicted molar refractivity (Wildman–Crippen MR) is 395 cm³/mol. The van der Waals surface area contributed by atoms with Crippen LogP contribution in [0.4, 0.5) is 0 Å². The lowest BCUT2D eigenvalue weighted by atomic mass is 9.99. The first kappa shape index (κ1) is 95.1. The molecule has 17 nitrogen and oxygen atoms in total. The number of aliphatic hydroxyl groups is 1. The first-order valence-electron chi connectivity index (χ1n) is 40.4. The highest BCUT2D eigenvalue weighted by Gasteiger charge is 2.30. The summed E-state index contributed by atoms with van der Waals surface area (Å²) in [5.74, 6) is 0.201. The SMILES string of the molecule is CCCCCCCCCCCCCCCCCC(=O)OC[C@H](COP(=O)(O)OC[C@@H](O)COP(=O)(O)OC[C@@H](COC(=O)CCCCCCCCCC(C)C)OC(=O)CCCCCCCCCCCCCC(C)C)OC(=O)CCCCCCCCCCCCCCCCC(C)CC. The van der Waals surface area contributed by atoms with Crippen LogP contribution in [0.1, 0.15) is 402 Å². The molecule has 97 heavy (non-hydrogen) atoms. The number of phosphoric acid groups is 2. The van der Waals surface area contributed by atoms with Gasteiger partial charge in [0.1, 0.15) is 19.3 Å². The van der Waals surface area contributed by atoms with E-state index in [9.17, 15) is 43.2 Å². The minimum absolute atomic E-state index is 0.106. The van der Waals surface area contributed by atoms with E-state index in [1.807, 2.05) is 0 Å². The predicted octanol–water partition coefficient (Wildman–Crippen LogP) is 23.0. The van der Waals surface area contributed by atoms with Gasteiger partial charge in [-0.25, -0.2) is 9.13 Å². The van der Waals surface area contributed by atoms with Gasteiger partial charge in [0, 0.05) is 25.7 Å². The second kappa shape index (κ2) is 68.5. The number of carbonyl (C=O) groups excluding carboxylic acids is 4. The van der Waals surface area contributed by atoms with Gasteiger partial charge in [0.25, 0.3) is 0 Å². The van der Waals surface area contributed by atoms with Crippen molar-refractivity contribution in [2.45, 2.75) is 420 Å². The van der Waals surface area contributed by atoms with Crippen LogP contribution in [0.2, 0.25) is 0 Å². The second-order valence-electron chi connectivity index (χ2n) is 29.3. The van der Waals surface area contributed by atoms with E-state index < -0.39 is 97.5 Å². The Hall–Kier alpha value is -1.94. The van der Waals surface area contributed by atoms with Crippen LogP contribution >= 0.6 is 15.6 Å². The molecule has 0 bridgehead atoms. The zero-order valence-corrected chi connectivity index (χ0v) is 65.3. The Morgan fingerprint density at radius 3 is 0.784 bits per heavy atom. The van der Waals surface area contributed by atoms with Gasteiger partial charge in [-0.05, 0) is 43.4 Å². The van der Waals surface area contributed by atoms with Gasteiger partial charge in [-0.15, -0.1) is 0 Å². The number of unbranched alkanes of at least 4 members (excludes halogenated alkanes) is 43. The summed E-state index contributed by atoms with van der Waals surface area (Å²) in [6.45, 7) is 11.9. The Kier molecular flexibility index (Phi) is 67.1. The third-order valence-electron chi connectivity index (χ3n) is 18.5. The first-order valence-corrected chi connectivity index (χ1v) is 43.4. The Morgan fingerprint density at radius 2 is 0.526 bits per heavy atom. The molecule has 0 radical (unpaired) electrons. The molecule has 0 fully saturated rings. The number of rotatable bonds is 76. The molecule has 0 saturated heterocycles. The molecule has 0 saturated carbocycles. The van der Waals surface area contributed by atoms with Crippen molar-refractivity contribution in [1.29, 1.82) is 0 Å². The minimum atomic E-state index is -4.96. The van der Waals surface area contributed by atoms with Gasteiger partial charge in [-0.3, -0.25) is 37.3 Å². The van der Waals surface area contributed by atoms with Gasteiger partial charge in [0.15, 0.2) is 12.2 Å². The lowest BCUT2D eigenvalue weighted by Gasteiger charge is -2.21. The van der Waals surface area contributed by atoms with Crippen LogP contribution in [-0.4, -0.2) is 96.7 Å². The molecule has 0 rings (SSSR count). The maximum absolute atomic E-state index is 13.1. The molecule has 0 amide bonds. The van der Waals surface area contributed by atoms with E-state index in [2.05, 4.69) is 48.5 Å². The molecule has 0 aromatic heterocycles. The maximum Gasteiger partial charge on any atom is 0.472 e. The highest BCUT2D eigenvalue weighted by atomic mass is 31.2. The van der Waals surface area contributed by atoms with Crippen LogP contribution < -0.4 is 0 Å². The Morgan fingerprint density at radius 1 is 0.299 bits per heavy atom. The van der Waals surface area contributed by atoms with Crippen molar-refractivity contribution in [3.63, 3.8) is 0 Å². The van der Waals surface area contributed by atoms with Crippen molar-refractivity contribution < 1.29 is 80.2 Å². The summed E-state index contributed by atoms with van der Waals surface area (Å²) in [4.78, 5) is 72.9. The third-order valence-corrected chi connectivity index (χ3v) is 20.4. The summed E-state index contributed by atoms with van der Waals surface area (Å²) in [7, 11) is -9.92. The zero-order valence-electron chi connectivity index (χ0n) is 63.5. The second-order valence-corrected chi connectivity index (χ2v) is 32.2. The summed E-state index contributed by atoms with van der Waals surface area (Å²) < 4.78 is 68.6. The fourth-order valence-electron chi connectivity index (χ4n) is 11.9. The summed E-state index contributed by atoms with van der Waals surface area (Å²) in [6, 6.07) is 0. The largest absolute Gasteiger partial charge is 0.472 e. The van der Waals surface area contributed by atoms with E-state index in [1.54, 1.807) is 0 Å².